The van der Waals surface area contributed by atoms with Crippen molar-refractivity contribution in [2.75, 3.05) is 0 Å². The first-order valence-electron chi connectivity index (χ1n) is 2.89. The van der Waals surface area contributed by atoms with Crippen molar-refractivity contribution < 1.29 is 29.6 Å². The molecule has 0 amide bonds. The van der Waals surface area contributed by atoms with Gasteiger partial charge in [-0.15, -0.1) is 0 Å². The summed E-state index contributed by atoms with van der Waals surface area (Å²) in [6.07, 6.45) is 5.95. The summed E-state index contributed by atoms with van der Waals surface area (Å²) in [4.78, 5) is 0. The fourth-order valence-electron chi connectivity index (χ4n) is 1.13. The Kier molecular flexibility index (Phi) is 9.00. The van der Waals surface area contributed by atoms with E-state index in [1.165, 1.54) is 25.7 Å². The minimum Gasteiger partial charge on any atom is -0.358 e. The zero-order valence-corrected chi connectivity index (χ0v) is 8.41. The standard InChI is InChI=1S/C6H12.CH3.Na/c1-6-4-2-3-5-6;;/h6H,2-5H2,1H3;1H3;/q;-1;+1. The van der Waals surface area contributed by atoms with Gasteiger partial charge in [0.1, 0.15) is 0 Å². The van der Waals surface area contributed by atoms with E-state index in [-0.39, 0.29) is 37.0 Å². The molecule has 0 saturated heterocycles. The van der Waals surface area contributed by atoms with E-state index in [1.54, 1.807) is 0 Å². The molecule has 0 atom stereocenters. The van der Waals surface area contributed by atoms with Crippen molar-refractivity contribution >= 4 is 0 Å². The van der Waals surface area contributed by atoms with Gasteiger partial charge in [-0.1, -0.05) is 32.6 Å². The summed E-state index contributed by atoms with van der Waals surface area (Å²) < 4.78 is 0. The van der Waals surface area contributed by atoms with Crippen LogP contribution in [-0.4, -0.2) is 0 Å². The van der Waals surface area contributed by atoms with Gasteiger partial charge in [0.15, 0.2) is 0 Å². The monoisotopic (exact) mass is 122 g/mol. The van der Waals surface area contributed by atoms with Crippen molar-refractivity contribution in [1.29, 1.82) is 0 Å². The second kappa shape index (κ2) is 6.12. The van der Waals surface area contributed by atoms with Crippen LogP contribution in [0.2, 0.25) is 0 Å². The van der Waals surface area contributed by atoms with Crippen molar-refractivity contribution in [3.05, 3.63) is 7.43 Å². The predicted molar refractivity (Wildman–Crippen MR) is 34.0 cm³/mol. The molecular formula is C7H15Na. The average Bonchev–Trinajstić information content (AvgIpc) is 1.86. The van der Waals surface area contributed by atoms with Gasteiger partial charge in [-0.25, -0.2) is 0 Å². The van der Waals surface area contributed by atoms with Crippen molar-refractivity contribution in [3.8, 4) is 0 Å². The molecule has 0 N–H and O–H groups in total. The van der Waals surface area contributed by atoms with Gasteiger partial charge in [-0.2, -0.15) is 0 Å². The summed E-state index contributed by atoms with van der Waals surface area (Å²) >= 11 is 0. The quantitative estimate of drug-likeness (QED) is 0.304. The van der Waals surface area contributed by atoms with E-state index in [0.29, 0.717) is 0 Å². The molecule has 8 heavy (non-hydrogen) atoms. The molecule has 0 aromatic rings. The Morgan fingerprint density at radius 1 is 1.12 bits per heavy atom. The van der Waals surface area contributed by atoms with E-state index in [4.69, 9.17) is 0 Å². The van der Waals surface area contributed by atoms with Gasteiger partial charge in [0, 0.05) is 0 Å². The van der Waals surface area contributed by atoms with Gasteiger partial charge in [0.05, 0.1) is 0 Å². The summed E-state index contributed by atoms with van der Waals surface area (Å²) in [7, 11) is 0. The molecule has 0 radical (unpaired) electrons. The Bertz CT molecular complexity index is 37.7. The molecule has 0 aromatic heterocycles. The topological polar surface area (TPSA) is 0 Å². The molecule has 0 aromatic carbocycles. The molecule has 1 aliphatic carbocycles. The zero-order valence-electron chi connectivity index (χ0n) is 6.41. The van der Waals surface area contributed by atoms with Crippen LogP contribution >= 0.6 is 0 Å². The Labute approximate surface area is 75.3 Å². The second-order valence-electron chi connectivity index (χ2n) is 2.39. The van der Waals surface area contributed by atoms with Crippen LogP contribution in [0.5, 0.6) is 0 Å². The maximum Gasteiger partial charge on any atom is 1.00 e. The van der Waals surface area contributed by atoms with Crippen molar-refractivity contribution in [3.63, 3.8) is 0 Å². The molecule has 0 unspecified atom stereocenters. The molecule has 0 heterocycles. The zero-order chi connectivity index (χ0) is 4.41. The third-order valence-corrected chi connectivity index (χ3v) is 1.64. The number of hydrogen-bond donors (Lipinski definition) is 0. The third-order valence-electron chi connectivity index (χ3n) is 1.64. The van der Waals surface area contributed by atoms with Gasteiger partial charge in [0.25, 0.3) is 0 Å². The summed E-state index contributed by atoms with van der Waals surface area (Å²) in [5.41, 5.74) is 0. The first kappa shape index (κ1) is 11.8. The Morgan fingerprint density at radius 3 is 1.62 bits per heavy atom. The number of hydrogen-bond acceptors (Lipinski definition) is 0. The van der Waals surface area contributed by atoms with Crippen LogP contribution in [0.25, 0.3) is 0 Å². The van der Waals surface area contributed by atoms with Gasteiger partial charge < -0.3 is 7.43 Å². The van der Waals surface area contributed by atoms with E-state index >= 15 is 0 Å². The minimum atomic E-state index is 0. The molecule has 0 spiro atoms. The van der Waals surface area contributed by atoms with Crippen LogP contribution in [0.4, 0.5) is 0 Å². The van der Waals surface area contributed by atoms with Gasteiger partial charge in [-0.05, 0) is 5.92 Å². The van der Waals surface area contributed by atoms with Crippen LogP contribution in [-0.2, 0) is 0 Å². The SMILES string of the molecule is CC1CCCC1.[CH3-].[Na+]. The van der Waals surface area contributed by atoms with Gasteiger partial charge in [-0.3, -0.25) is 0 Å². The van der Waals surface area contributed by atoms with E-state index in [1.807, 2.05) is 0 Å². The molecule has 0 nitrogen and oxygen atoms in total. The van der Waals surface area contributed by atoms with Crippen LogP contribution in [0, 0.1) is 13.3 Å². The molecular weight excluding hydrogens is 107 g/mol. The normalized spacial score (nSPS) is 19.1. The van der Waals surface area contributed by atoms with Gasteiger partial charge >= 0.3 is 29.6 Å². The molecule has 0 aliphatic heterocycles. The smallest absolute Gasteiger partial charge is 0.358 e. The average molecular weight is 122 g/mol. The van der Waals surface area contributed by atoms with E-state index in [2.05, 4.69) is 6.92 Å². The predicted octanol–water partition coefficient (Wildman–Crippen LogP) is -0.349. The van der Waals surface area contributed by atoms with Crippen molar-refractivity contribution in [2.45, 2.75) is 32.6 Å². The third kappa shape index (κ3) is 3.94. The Balaban J connectivity index is 0. The summed E-state index contributed by atoms with van der Waals surface area (Å²) in [5.74, 6) is 1.05. The van der Waals surface area contributed by atoms with Gasteiger partial charge in [0.2, 0.25) is 0 Å². The van der Waals surface area contributed by atoms with E-state index in [0.717, 1.165) is 5.92 Å². The number of rotatable bonds is 0. The van der Waals surface area contributed by atoms with Crippen molar-refractivity contribution in [1.82, 2.24) is 0 Å². The van der Waals surface area contributed by atoms with Crippen LogP contribution < -0.4 is 29.6 Å². The molecule has 1 fully saturated rings. The minimum absolute atomic E-state index is 0. The molecule has 1 saturated carbocycles. The first-order chi connectivity index (χ1) is 2.89. The molecule has 1 rings (SSSR count). The fourth-order valence-corrected chi connectivity index (χ4v) is 1.13. The fraction of sp³-hybridized carbons (Fsp3) is 0.857. The first-order valence-corrected chi connectivity index (χ1v) is 2.89. The summed E-state index contributed by atoms with van der Waals surface area (Å²) in [6, 6.07) is 0. The molecule has 44 valence electrons. The maximum absolute atomic E-state index is 2.34. The van der Waals surface area contributed by atoms with Crippen LogP contribution in [0.3, 0.4) is 0 Å². The second-order valence-corrected chi connectivity index (χ2v) is 2.39. The summed E-state index contributed by atoms with van der Waals surface area (Å²) in [5, 5.41) is 0. The van der Waals surface area contributed by atoms with Crippen LogP contribution in [0.1, 0.15) is 32.6 Å². The molecule has 0 bridgehead atoms. The molecule has 1 aliphatic rings. The van der Waals surface area contributed by atoms with Crippen LogP contribution in [0.15, 0.2) is 0 Å². The molecule has 1 heteroatoms. The van der Waals surface area contributed by atoms with E-state index in [9.17, 15) is 0 Å². The Morgan fingerprint density at radius 2 is 1.50 bits per heavy atom. The Hall–Kier alpha value is 1.00. The van der Waals surface area contributed by atoms with E-state index < -0.39 is 0 Å². The summed E-state index contributed by atoms with van der Waals surface area (Å²) in [6.45, 7) is 2.34. The maximum atomic E-state index is 2.34. The largest absolute Gasteiger partial charge is 1.00 e. The van der Waals surface area contributed by atoms with Crippen molar-refractivity contribution in [2.24, 2.45) is 5.92 Å².